The van der Waals surface area contributed by atoms with Crippen LogP contribution in [0.1, 0.15) is 26.7 Å². The van der Waals surface area contributed by atoms with Crippen molar-refractivity contribution in [3.8, 4) is 0 Å². The number of rotatable bonds is 4. The Hall–Kier alpha value is -0.160. The van der Waals surface area contributed by atoms with Crippen LogP contribution in [0.5, 0.6) is 0 Å². The summed E-state index contributed by atoms with van der Waals surface area (Å²) in [5.74, 6) is 0. The number of piperazine rings is 1. The molecule has 4 heteroatoms. The van der Waals surface area contributed by atoms with E-state index in [-0.39, 0.29) is 5.41 Å². The van der Waals surface area contributed by atoms with Crippen LogP contribution in [0.15, 0.2) is 0 Å². The molecule has 0 aromatic carbocycles. The normalized spacial score (nSPS) is 25.5. The van der Waals surface area contributed by atoms with Crippen LogP contribution < -0.4 is 11.1 Å². The molecule has 2 saturated heterocycles. The first-order valence-corrected chi connectivity index (χ1v) is 7.48. The van der Waals surface area contributed by atoms with Crippen LogP contribution in [0.4, 0.5) is 0 Å². The first kappa shape index (κ1) is 14.3. The first-order valence-electron chi connectivity index (χ1n) is 7.48. The molecule has 18 heavy (non-hydrogen) atoms. The molecule has 0 aromatic rings. The molecule has 0 radical (unpaired) electrons. The minimum absolute atomic E-state index is 0.261. The maximum absolute atomic E-state index is 5.82. The van der Waals surface area contributed by atoms with Crippen LogP contribution in [0.2, 0.25) is 0 Å². The van der Waals surface area contributed by atoms with Gasteiger partial charge in [0.15, 0.2) is 0 Å². The standard InChI is InChI=1S/C14H30N4/c1-14(2,11-15)12-17-7-9-18(10-8-17)13-3-5-16-6-4-13/h13,16H,3-12,15H2,1-2H3. The SMILES string of the molecule is CC(C)(CN)CN1CCN(C2CCNCC2)CC1. The summed E-state index contributed by atoms with van der Waals surface area (Å²) in [6, 6.07) is 0.830. The highest BCUT2D eigenvalue weighted by Crippen LogP contribution is 2.18. The molecule has 0 saturated carbocycles. The Morgan fingerprint density at radius 1 is 1.11 bits per heavy atom. The Labute approximate surface area is 112 Å². The summed E-state index contributed by atoms with van der Waals surface area (Å²) in [6.07, 6.45) is 2.66. The van der Waals surface area contributed by atoms with Crippen LogP contribution in [-0.2, 0) is 0 Å². The molecule has 4 nitrogen and oxygen atoms in total. The van der Waals surface area contributed by atoms with Crippen LogP contribution in [0, 0.1) is 5.41 Å². The highest BCUT2D eigenvalue weighted by molar-refractivity contribution is 4.84. The summed E-state index contributed by atoms with van der Waals surface area (Å²) in [6.45, 7) is 13.8. The van der Waals surface area contributed by atoms with E-state index in [2.05, 4.69) is 29.0 Å². The van der Waals surface area contributed by atoms with Crippen molar-refractivity contribution in [2.75, 3.05) is 52.4 Å². The minimum Gasteiger partial charge on any atom is -0.330 e. The van der Waals surface area contributed by atoms with E-state index in [1.54, 1.807) is 0 Å². The van der Waals surface area contributed by atoms with Gasteiger partial charge in [-0.05, 0) is 37.9 Å². The van der Waals surface area contributed by atoms with Gasteiger partial charge in [0, 0.05) is 38.8 Å². The molecular weight excluding hydrogens is 224 g/mol. The molecule has 2 aliphatic heterocycles. The number of nitrogens with zero attached hydrogens (tertiary/aromatic N) is 2. The minimum atomic E-state index is 0.261. The van der Waals surface area contributed by atoms with Crippen molar-refractivity contribution in [1.29, 1.82) is 0 Å². The lowest BCUT2D eigenvalue weighted by atomic mass is 9.92. The maximum Gasteiger partial charge on any atom is 0.0120 e. The van der Waals surface area contributed by atoms with Crippen molar-refractivity contribution in [3.05, 3.63) is 0 Å². The average Bonchev–Trinajstić information content (AvgIpc) is 2.40. The fourth-order valence-corrected chi connectivity index (χ4v) is 3.13. The van der Waals surface area contributed by atoms with Gasteiger partial charge < -0.3 is 16.0 Å². The van der Waals surface area contributed by atoms with Gasteiger partial charge in [-0.25, -0.2) is 0 Å². The lowest BCUT2D eigenvalue weighted by molar-refractivity contribution is 0.0632. The van der Waals surface area contributed by atoms with E-state index in [4.69, 9.17) is 5.73 Å². The van der Waals surface area contributed by atoms with Gasteiger partial charge in [-0.2, -0.15) is 0 Å². The van der Waals surface area contributed by atoms with Gasteiger partial charge >= 0.3 is 0 Å². The summed E-state index contributed by atoms with van der Waals surface area (Å²) in [4.78, 5) is 5.29. The first-order chi connectivity index (χ1) is 8.61. The molecule has 0 bridgehead atoms. The van der Waals surface area contributed by atoms with Crippen molar-refractivity contribution < 1.29 is 0 Å². The van der Waals surface area contributed by atoms with Crippen LogP contribution in [-0.4, -0.2) is 68.2 Å². The zero-order chi connectivity index (χ0) is 13.0. The van der Waals surface area contributed by atoms with Crippen molar-refractivity contribution in [2.45, 2.75) is 32.7 Å². The number of nitrogens with one attached hydrogen (secondary N) is 1. The van der Waals surface area contributed by atoms with Gasteiger partial charge in [0.25, 0.3) is 0 Å². The van der Waals surface area contributed by atoms with Crippen LogP contribution in [0.25, 0.3) is 0 Å². The third-order valence-electron chi connectivity index (χ3n) is 4.44. The Bertz CT molecular complexity index is 240. The monoisotopic (exact) mass is 254 g/mol. The fourth-order valence-electron chi connectivity index (χ4n) is 3.13. The highest BCUT2D eigenvalue weighted by atomic mass is 15.3. The van der Waals surface area contributed by atoms with Crippen LogP contribution >= 0.6 is 0 Å². The largest absolute Gasteiger partial charge is 0.330 e. The van der Waals surface area contributed by atoms with Gasteiger partial charge in [-0.15, -0.1) is 0 Å². The highest BCUT2D eigenvalue weighted by Gasteiger charge is 2.27. The predicted octanol–water partition coefficient (Wildman–Crippen LogP) is 0.341. The van der Waals surface area contributed by atoms with E-state index >= 15 is 0 Å². The van der Waals surface area contributed by atoms with Crippen molar-refractivity contribution in [2.24, 2.45) is 11.1 Å². The summed E-state index contributed by atoms with van der Waals surface area (Å²) in [5.41, 5.74) is 6.08. The smallest absolute Gasteiger partial charge is 0.0120 e. The molecule has 2 aliphatic rings. The second-order valence-electron chi connectivity index (χ2n) is 6.66. The summed E-state index contributed by atoms with van der Waals surface area (Å²) in [7, 11) is 0. The third kappa shape index (κ3) is 3.92. The molecule has 0 unspecified atom stereocenters. The van der Waals surface area contributed by atoms with Gasteiger partial charge in [0.1, 0.15) is 0 Å². The molecule has 0 aromatic heterocycles. The zero-order valence-electron chi connectivity index (χ0n) is 12.1. The molecule has 2 rings (SSSR count). The molecule has 3 N–H and O–H groups in total. The molecule has 0 spiro atoms. The Morgan fingerprint density at radius 2 is 1.72 bits per heavy atom. The summed E-state index contributed by atoms with van der Waals surface area (Å²) >= 11 is 0. The van der Waals surface area contributed by atoms with Gasteiger partial charge in [-0.1, -0.05) is 13.8 Å². The molecule has 0 aliphatic carbocycles. The van der Waals surface area contributed by atoms with E-state index in [1.807, 2.05) is 0 Å². The lowest BCUT2D eigenvalue weighted by Crippen LogP contribution is -2.54. The summed E-state index contributed by atoms with van der Waals surface area (Å²) in [5, 5.41) is 3.45. The average molecular weight is 254 g/mol. The fraction of sp³-hybridized carbons (Fsp3) is 1.00. The Morgan fingerprint density at radius 3 is 2.28 bits per heavy atom. The molecule has 106 valence electrons. The molecule has 2 fully saturated rings. The zero-order valence-corrected chi connectivity index (χ0v) is 12.1. The lowest BCUT2D eigenvalue weighted by Gasteiger charge is -2.42. The quantitative estimate of drug-likeness (QED) is 0.759. The summed E-state index contributed by atoms with van der Waals surface area (Å²) < 4.78 is 0. The van der Waals surface area contributed by atoms with Gasteiger partial charge in [-0.3, -0.25) is 4.90 Å². The molecular formula is C14H30N4. The number of piperidine rings is 1. The van der Waals surface area contributed by atoms with Crippen molar-refractivity contribution >= 4 is 0 Å². The van der Waals surface area contributed by atoms with E-state index in [0.29, 0.717) is 0 Å². The van der Waals surface area contributed by atoms with Crippen molar-refractivity contribution in [1.82, 2.24) is 15.1 Å². The third-order valence-corrected chi connectivity index (χ3v) is 4.44. The maximum atomic E-state index is 5.82. The van der Waals surface area contributed by atoms with E-state index in [0.717, 1.165) is 19.1 Å². The molecule has 2 heterocycles. The number of hydrogen-bond donors (Lipinski definition) is 2. The molecule has 0 atom stereocenters. The second kappa shape index (κ2) is 6.33. The van der Waals surface area contributed by atoms with Crippen molar-refractivity contribution in [3.63, 3.8) is 0 Å². The topological polar surface area (TPSA) is 44.5 Å². The second-order valence-corrected chi connectivity index (χ2v) is 6.66. The Kier molecular flexibility index (Phi) is 5.01. The van der Waals surface area contributed by atoms with Gasteiger partial charge in [0.2, 0.25) is 0 Å². The Balaban J connectivity index is 1.74. The van der Waals surface area contributed by atoms with E-state index in [1.165, 1.54) is 52.1 Å². The van der Waals surface area contributed by atoms with E-state index in [9.17, 15) is 0 Å². The number of nitrogens with two attached hydrogens (primary N) is 1. The van der Waals surface area contributed by atoms with Gasteiger partial charge in [0.05, 0.1) is 0 Å². The predicted molar refractivity (Wildman–Crippen MR) is 76.7 cm³/mol. The number of hydrogen-bond acceptors (Lipinski definition) is 4. The molecule has 0 amide bonds. The van der Waals surface area contributed by atoms with Crippen LogP contribution in [0.3, 0.4) is 0 Å². The van der Waals surface area contributed by atoms with E-state index < -0.39 is 0 Å².